The Morgan fingerprint density at radius 1 is 0.639 bits per heavy atom. The Hall–Kier alpha value is -4.18. The van der Waals surface area contributed by atoms with Crippen molar-refractivity contribution in [2.45, 2.75) is 38.5 Å². The number of ether oxygens (including phenoxy) is 1. The number of carbonyl (C=O) groups excluding carboxylic acids is 1. The molecule has 0 unspecified atom stereocenters. The first-order chi connectivity index (χ1) is 17.1. The quantitative estimate of drug-likeness (QED) is 0.224. The number of benzene rings is 4. The average molecular weight is 479 g/mol. The second kappa shape index (κ2) is 9.82. The van der Waals surface area contributed by atoms with Crippen molar-refractivity contribution < 1.29 is 19.4 Å². The number of hydrogen-bond donors (Lipinski definition) is 1. The fourth-order valence-corrected chi connectivity index (χ4v) is 4.73. The van der Waals surface area contributed by atoms with E-state index < -0.39 is 17.4 Å². The summed E-state index contributed by atoms with van der Waals surface area (Å²) in [6, 6.07) is 32.1. The van der Waals surface area contributed by atoms with Crippen LogP contribution in [0.4, 0.5) is 0 Å². The first-order valence-electron chi connectivity index (χ1n) is 11.9. The summed E-state index contributed by atoms with van der Waals surface area (Å²) in [5.41, 5.74) is 3.54. The smallest absolute Gasteiger partial charge is 0.343 e. The third kappa shape index (κ3) is 4.80. The molecular formula is C32H30O4. The van der Waals surface area contributed by atoms with Gasteiger partial charge in [-0.3, -0.25) is 0 Å². The minimum atomic E-state index is -1.10. The molecule has 1 N–H and O–H groups in total. The van der Waals surface area contributed by atoms with E-state index in [4.69, 9.17) is 4.74 Å². The molecule has 4 rings (SSSR count). The van der Waals surface area contributed by atoms with Gasteiger partial charge < -0.3 is 9.84 Å². The molecule has 0 saturated carbocycles. The van der Waals surface area contributed by atoms with E-state index >= 15 is 0 Å². The normalized spacial score (nSPS) is 11.7. The van der Waals surface area contributed by atoms with Gasteiger partial charge in [-0.15, -0.1) is 0 Å². The van der Waals surface area contributed by atoms with Gasteiger partial charge in [0.25, 0.3) is 0 Å². The van der Waals surface area contributed by atoms with Crippen LogP contribution in [0.25, 0.3) is 0 Å². The molecule has 36 heavy (non-hydrogen) atoms. The molecule has 0 aromatic heterocycles. The van der Waals surface area contributed by atoms with Crippen LogP contribution in [0.2, 0.25) is 0 Å². The largest absolute Gasteiger partial charge is 0.478 e. The van der Waals surface area contributed by atoms with Gasteiger partial charge in [0.05, 0.1) is 11.1 Å². The Morgan fingerprint density at radius 2 is 1.17 bits per heavy atom. The Bertz CT molecular complexity index is 1390. The van der Waals surface area contributed by atoms with Crippen molar-refractivity contribution in [3.05, 3.63) is 137 Å². The number of carbonyl (C=O) groups is 2. The molecule has 4 nitrogen and oxygen atoms in total. The van der Waals surface area contributed by atoms with E-state index in [-0.39, 0.29) is 16.5 Å². The van der Waals surface area contributed by atoms with E-state index in [9.17, 15) is 14.7 Å². The van der Waals surface area contributed by atoms with Gasteiger partial charge >= 0.3 is 11.9 Å². The van der Waals surface area contributed by atoms with E-state index in [0.717, 1.165) is 22.3 Å². The van der Waals surface area contributed by atoms with E-state index in [1.165, 1.54) is 12.1 Å². The van der Waals surface area contributed by atoms with Gasteiger partial charge in [0.15, 0.2) is 0 Å². The fourth-order valence-electron chi connectivity index (χ4n) is 4.73. The van der Waals surface area contributed by atoms with Gasteiger partial charge in [-0.05, 0) is 41.0 Å². The highest BCUT2D eigenvalue weighted by Gasteiger charge is 2.36. The molecule has 182 valence electrons. The van der Waals surface area contributed by atoms with Crippen molar-refractivity contribution in [3.8, 4) is 5.75 Å². The molecule has 4 heteroatoms. The molecule has 0 bridgehead atoms. The summed E-state index contributed by atoms with van der Waals surface area (Å²) in [4.78, 5) is 24.6. The number of carboxylic acid groups (broad SMARTS) is 1. The second-order valence-corrected chi connectivity index (χ2v) is 9.94. The summed E-state index contributed by atoms with van der Waals surface area (Å²) in [7, 11) is 0. The van der Waals surface area contributed by atoms with Gasteiger partial charge in [-0.25, -0.2) is 9.59 Å². The summed E-state index contributed by atoms with van der Waals surface area (Å²) in [6.07, 6.45) is 0. The van der Waals surface area contributed by atoms with E-state index in [1.54, 1.807) is 12.1 Å². The van der Waals surface area contributed by atoms with Crippen LogP contribution in [0.15, 0.2) is 103 Å². The number of aromatic carboxylic acids is 1. The van der Waals surface area contributed by atoms with Crippen LogP contribution in [-0.4, -0.2) is 17.0 Å². The van der Waals surface area contributed by atoms with E-state index in [1.807, 2.05) is 48.5 Å². The van der Waals surface area contributed by atoms with Crippen LogP contribution >= 0.6 is 0 Å². The molecule has 4 aromatic carbocycles. The Balaban J connectivity index is 1.88. The lowest BCUT2D eigenvalue weighted by Gasteiger charge is -2.36. The lowest BCUT2D eigenvalue weighted by molar-refractivity contribution is 0.0697. The minimum Gasteiger partial charge on any atom is -0.478 e. The second-order valence-electron chi connectivity index (χ2n) is 9.94. The molecule has 0 aliphatic carbocycles. The third-order valence-electron chi connectivity index (χ3n) is 6.86. The summed E-state index contributed by atoms with van der Waals surface area (Å²) in [5.74, 6) is -1.24. The lowest BCUT2D eigenvalue weighted by Crippen LogP contribution is -2.29. The molecule has 0 heterocycles. The molecule has 0 aliphatic heterocycles. The topological polar surface area (TPSA) is 63.6 Å². The maximum atomic E-state index is 13.2. The predicted molar refractivity (Wildman–Crippen MR) is 142 cm³/mol. The number of carboxylic acids is 1. The molecule has 0 spiro atoms. The molecule has 0 aliphatic rings. The zero-order valence-corrected chi connectivity index (χ0v) is 21.0. The maximum Gasteiger partial charge on any atom is 0.343 e. The van der Waals surface area contributed by atoms with Gasteiger partial charge in [0.2, 0.25) is 0 Å². The lowest BCUT2D eigenvalue weighted by atomic mass is 9.68. The van der Waals surface area contributed by atoms with Crippen molar-refractivity contribution in [2.24, 2.45) is 0 Å². The zero-order valence-electron chi connectivity index (χ0n) is 21.0. The van der Waals surface area contributed by atoms with Crippen LogP contribution in [0.1, 0.15) is 70.7 Å². The number of esters is 1. The molecule has 4 aromatic rings. The fraction of sp³-hybridized carbons (Fsp3) is 0.188. The Morgan fingerprint density at radius 3 is 1.75 bits per heavy atom. The van der Waals surface area contributed by atoms with Crippen LogP contribution in [-0.2, 0) is 10.8 Å². The summed E-state index contributed by atoms with van der Waals surface area (Å²) >= 11 is 0. The Kier molecular flexibility index (Phi) is 6.80. The highest BCUT2D eigenvalue weighted by molar-refractivity contribution is 5.95. The first kappa shape index (κ1) is 24.9. The van der Waals surface area contributed by atoms with Crippen molar-refractivity contribution in [1.29, 1.82) is 0 Å². The molecule has 0 atom stereocenters. The SMILES string of the molecule is CC(C)(c1ccccc1)c1cccc(OC(=O)c2cccc(C(=O)O)c2)c1C(C)(C)c1ccccc1. The van der Waals surface area contributed by atoms with Crippen molar-refractivity contribution in [1.82, 2.24) is 0 Å². The van der Waals surface area contributed by atoms with Crippen molar-refractivity contribution >= 4 is 11.9 Å². The van der Waals surface area contributed by atoms with Gasteiger partial charge in [0.1, 0.15) is 5.75 Å². The maximum absolute atomic E-state index is 13.2. The summed E-state index contributed by atoms with van der Waals surface area (Å²) in [6.45, 7) is 8.60. The van der Waals surface area contributed by atoms with Crippen molar-refractivity contribution in [3.63, 3.8) is 0 Å². The predicted octanol–water partition coefficient (Wildman–Crippen LogP) is 7.26. The zero-order chi connectivity index (χ0) is 25.9. The molecule has 0 radical (unpaired) electrons. The highest BCUT2D eigenvalue weighted by atomic mass is 16.5. The number of hydrogen-bond acceptors (Lipinski definition) is 3. The van der Waals surface area contributed by atoms with Crippen molar-refractivity contribution in [2.75, 3.05) is 0 Å². The van der Waals surface area contributed by atoms with Crippen LogP contribution < -0.4 is 4.74 Å². The third-order valence-corrected chi connectivity index (χ3v) is 6.86. The van der Waals surface area contributed by atoms with Crippen LogP contribution in [0, 0.1) is 0 Å². The van der Waals surface area contributed by atoms with E-state index in [0.29, 0.717) is 5.75 Å². The van der Waals surface area contributed by atoms with E-state index in [2.05, 4.69) is 58.0 Å². The highest BCUT2D eigenvalue weighted by Crippen LogP contribution is 2.45. The molecular weight excluding hydrogens is 448 g/mol. The Labute approximate surface area is 212 Å². The number of rotatable bonds is 7. The van der Waals surface area contributed by atoms with Gasteiger partial charge in [-0.1, -0.05) is 107 Å². The molecule has 0 fully saturated rings. The standard InChI is InChI=1S/C32H30O4/c1-31(2,24-15-7-5-8-16-24)26-19-12-20-27(28(26)32(3,4)25-17-9-6-10-18-25)36-30(35)23-14-11-13-22(21-23)29(33)34/h5-21H,1-4H3,(H,33,34). The monoisotopic (exact) mass is 478 g/mol. The van der Waals surface area contributed by atoms with Crippen LogP contribution in [0.3, 0.4) is 0 Å². The van der Waals surface area contributed by atoms with Gasteiger partial charge in [0, 0.05) is 16.4 Å². The average Bonchev–Trinajstić information content (AvgIpc) is 2.89. The molecule has 0 amide bonds. The summed E-state index contributed by atoms with van der Waals surface area (Å²) in [5, 5.41) is 9.34. The summed E-state index contributed by atoms with van der Waals surface area (Å²) < 4.78 is 6.01. The minimum absolute atomic E-state index is 0.0354. The van der Waals surface area contributed by atoms with Gasteiger partial charge in [-0.2, -0.15) is 0 Å². The first-order valence-corrected chi connectivity index (χ1v) is 11.9. The molecule has 0 saturated heterocycles. The van der Waals surface area contributed by atoms with Crippen LogP contribution in [0.5, 0.6) is 5.75 Å².